The molecule has 0 saturated carbocycles. The predicted molar refractivity (Wildman–Crippen MR) is 199 cm³/mol. The van der Waals surface area contributed by atoms with Crippen molar-refractivity contribution in [1.29, 1.82) is 0 Å². The number of nitrogens with zero attached hydrogens (tertiary/aromatic N) is 4. The minimum Gasteiger partial charge on any atom is -0.455 e. The Morgan fingerprint density at radius 3 is 1.78 bits per heavy atom. The number of hydrogen-bond donors (Lipinski definition) is 0. The van der Waals surface area contributed by atoms with Crippen LogP contribution >= 0.6 is 0 Å². The van der Waals surface area contributed by atoms with Crippen LogP contribution in [0, 0.1) is 0 Å². The average molecular weight is 643 g/mol. The fourth-order valence-corrected chi connectivity index (χ4v) is 6.79. The molecule has 0 aliphatic carbocycles. The summed E-state index contributed by atoms with van der Waals surface area (Å²) in [5.74, 6) is 2.25. The van der Waals surface area contributed by atoms with Gasteiger partial charge in [0.1, 0.15) is 16.7 Å². The monoisotopic (exact) mass is 642 g/mol. The van der Waals surface area contributed by atoms with E-state index in [1.807, 2.05) is 91.0 Å². The van der Waals surface area contributed by atoms with Gasteiger partial charge in [0.15, 0.2) is 23.1 Å². The number of para-hydroxylation sites is 1. The molecule has 6 heteroatoms. The number of fused-ring (bicyclic) bond motifs is 6. The number of aromatic nitrogens is 4. The van der Waals surface area contributed by atoms with Gasteiger partial charge < -0.3 is 8.83 Å². The van der Waals surface area contributed by atoms with Crippen LogP contribution in [0.15, 0.2) is 167 Å². The second-order valence-corrected chi connectivity index (χ2v) is 12.2. The zero-order valence-electron chi connectivity index (χ0n) is 26.6. The molecule has 0 unspecified atom stereocenters. The van der Waals surface area contributed by atoms with E-state index >= 15 is 0 Å². The summed E-state index contributed by atoms with van der Waals surface area (Å²) in [6.07, 6.45) is 0. The molecular weight excluding hydrogens is 617 g/mol. The van der Waals surface area contributed by atoms with E-state index < -0.39 is 0 Å². The quantitative estimate of drug-likeness (QED) is 0.186. The fourth-order valence-electron chi connectivity index (χ4n) is 6.79. The third kappa shape index (κ3) is 4.65. The first kappa shape index (κ1) is 28.1. The number of furan rings is 1. The Balaban J connectivity index is 1.20. The van der Waals surface area contributed by atoms with Crippen LogP contribution in [0.5, 0.6) is 0 Å². The summed E-state index contributed by atoms with van der Waals surface area (Å²) < 4.78 is 12.8. The Labute approximate surface area is 286 Å². The van der Waals surface area contributed by atoms with Gasteiger partial charge in [-0.25, -0.2) is 19.9 Å². The highest BCUT2D eigenvalue weighted by Crippen LogP contribution is 2.40. The van der Waals surface area contributed by atoms with Crippen LogP contribution in [-0.2, 0) is 0 Å². The van der Waals surface area contributed by atoms with Crippen LogP contribution in [0.1, 0.15) is 0 Å². The van der Waals surface area contributed by atoms with Gasteiger partial charge in [0.2, 0.25) is 5.89 Å². The molecule has 0 N–H and O–H groups in total. The summed E-state index contributed by atoms with van der Waals surface area (Å²) in [4.78, 5) is 20.2. The standard InChI is InChI=1S/C44H26N4O2/c1-4-13-27(14-5-1)35-26-31(25-30-19-10-11-20-32(30)35)42-46-41(28-15-6-2-7-16-28)47-43(48-42)34-22-12-21-33-38-36(49-40(33)34)23-24-37-39(38)45-44(50-37)29-17-8-3-9-18-29/h1-26H. The Kier molecular flexibility index (Phi) is 6.39. The van der Waals surface area contributed by atoms with E-state index in [4.69, 9.17) is 28.8 Å². The molecular formula is C44H26N4O2. The van der Waals surface area contributed by atoms with Gasteiger partial charge in [0, 0.05) is 22.1 Å². The highest BCUT2D eigenvalue weighted by molar-refractivity contribution is 6.18. The molecule has 10 aromatic rings. The molecule has 0 aliphatic heterocycles. The Morgan fingerprint density at radius 1 is 0.380 bits per heavy atom. The molecule has 0 fully saturated rings. The molecule has 50 heavy (non-hydrogen) atoms. The molecule has 0 spiro atoms. The van der Waals surface area contributed by atoms with E-state index in [0.717, 1.165) is 55.1 Å². The normalized spacial score (nSPS) is 11.6. The van der Waals surface area contributed by atoms with Gasteiger partial charge in [-0.3, -0.25) is 0 Å². The lowest BCUT2D eigenvalue weighted by Crippen LogP contribution is -2.00. The van der Waals surface area contributed by atoms with Crippen molar-refractivity contribution in [2.45, 2.75) is 0 Å². The maximum Gasteiger partial charge on any atom is 0.227 e. The predicted octanol–water partition coefficient (Wildman–Crippen LogP) is 11.4. The number of rotatable bonds is 5. The van der Waals surface area contributed by atoms with Gasteiger partial charge in [-0.2, -0.15) is 0 Å². The SMILES string of the molecule is c1ccc(-c2nc(-c3cc(-c4ccccc4)c4ccccc4c3)nc(-c3cccc4c3oc3ccc5oc(-c6ccccc6)nc5c34)n2)cc1. The van der Waals surface area contributed by atoms with E-state index in [1.165, 1.54) is 5.39 Å². The van der Waals surface area contributed by atoms with Crippen molar-refractivity contribution in [2.75, 3.05) is 0 Å². The maximum absolute atomic E-state index is 6.60. The second kappa shape index (κ2) is 11.4. The molecule has 3 heterocycles. The first-order valence-electron chi connectivity index (χ1n) is 16.5. The van der Waals surface area contributed by atoms with Gasteiger partial charge in [0.25, 0.3) is 0 Å². The van der Waals surface area contributed by atoms with Gasteiger partial charge in [-0.15, -0.1) is 0 Å². The maximum atomic E-state index is 6.60. The molecule has 0 saturated heterocycles. The van der Waals surface area contributed by atoms with E-state index in [-0.39, 0.29) is 0 Å². The number of benzene rings is 7. The van der Waals surface area contributed by atoms with Crippen LogP contribution in [0.2, 0.25) is 0 Å². The van der Waals surface area contributed by atoms with Crippen LogP contribution < -0.4 is 0 Å². The van der Waals surface area contributed by atoms with E-state index in [9.17, 15) is 0 Å². The molecule has 0 radical (unpaired) electrons. The van der Waals surface area contributed by atoms with Crippen LogP contribution in [0.3, 0.4) is 0 Å². The lowest BCUT2D eigenvalue weighted by Gasteiger charge is -2.12. The van der Waals surface area contributed by atoms with Crippen molar-refractivity contribution in [3.8, 4) is 56.7 Å². The lowest BCUT2D eigenvalue weighted by atomic mass is 9.95. The van der Waals surface area contributed by atoms with E-state index in [2.05, 4.69) is 66.7 Å². The molecule has 10 rings (SSSR count). The van der Waals surface area contributed by atoms with Crippen molar-refractivity contribution in [3.05, 3.63) is 158 Å². The third-order valence-electron chi connectivity index (χ3n) is 9.15. The third-order valence-corrected chi connectivity index (χ3v) is 9.15. The topological polar surface area (TPSA) is 77.8 Å². The average Bonchev–Trinajstić information content (AvgIpc) is 3.80. The first-order valence-corrected chi connectivity index (χ1v) is 16.5. The summed E-state index contributed by atoms with van der Waals surface area (Å²) in [5.41, 5.74) is 8.58. The van der Waals surface area contributed by atoms with Crippen LogP contribution in [0.25, 0.3) is 101 Å². The largest absolute Gasteiger partial charge is 0.455 e. The highest BCUT2D eigenvalue weighted by atomic mass is 16.4. The van der Waals surface area contributed by atoms with Crippen molar-refractivity contribution >= 4 is 43.8 Å². The van der Waals surface area contributed by atoms with Crippen LogP contribution in [-0.4, -0.2) is 19.9 Å². The molecule has 6 nitrogen and oxygen atoms in total. The first-order chi connectivity index (χ1) is 24.8. The van der Waals surface area contributed by atoms with E-state index in [0.29, 0.717) is 40.1 Å². The minimum atomic E-state index is 0.523. The highest BCUT2D eigenvalue weighted by Gasteiger charge is 2.21. The van der Waals surface area contributed by atoms with Crippen molar-refractivity contribution < 1.29 is 8.83 Å². The van der Waals surface area contributed by atoms with Crippen molar-refractivity contribution in [3.63, 3.8) is 0 Å². The summed E-state index contributed by atoms with van der Waals surface area (Å²) in [7, 11) is 0. The second-order valence-electron chi connectivity index (χ2n) is 12.2. The summed E-state index contributed by atoms with van der Waals surface area (Å²) >= 11 is 0. The summed E-state index contributed by atoms with van der Waals surface area (Å²) in [5, 5.41) is 4.08. The molecule has 234 valence electrons. The van der Waals surface area contributed by atoms with Gasteiger partial charge in [0.05, 0.1) is 10.9 Å². The van der Waals surface area contributed by atoms with Gasteiger partial charge in [-0.05, 0) is 64.4 Å². The van der Waals surface area contributed by atoms with E-state index in [1.54, 1.807) is 0 Å². The zero-order valence-corrected chi connectivity index (χ0v) is 26.6. The molecule has 3 aromatic heterocycles. The lowest BCUT2D eigenvalue weighted by molar-refractivity contribution is 0.619. The zero-order chi connectivity index (χ0) is 33.0. The number of oxazole rings is 1. The molecule has 0 aliphatic rings. The molecule has 0 atom stereocenters. The van der Waals surface area contributed by atoms with Crippen LogP contribution in [0.4, 0.5) is 0 Å². The van der Waals surface area contributed by atoms with Gasteiger partial charge >= 0.3 is 0 Å². The molecule has 0 bridgehead atoms. The molecule has 7 aromatic carbocycles. The smallest absolute Gasteiger partial charge is 0.227 e. The number of hydrogen-bond acceptors (Lipinski definition) is 6. The van der Waals surface area contributed by atoms with Crippen molar-refractivity contribution in [2.24, 2.45) is 0 Å². The Morgan fingerprint density at radius 2 is 1.00 bits per heavy atom. The molecule has 0 amide bonds. The Hall–Kier alpha value is -6.92. The summed E-state index contributed by atoms with van der Waals surface area (Å²) in [6.45, 7) is 0. The van der Waals surface area contributed by atoms with Crippen molar-refractivity contribution in [1.82, 2.24) is 19.9 Å². The van der Waals surface area contributed by atoms with Gasteiger partial charge in [-0.1, -0.05) is 115 Å². The summed E-state index contributed by atoms with van der Waals surface area (Å²) in [6, 6.07) is 53.1. The minimum absolute atomic E-state index is 0.523. The fraction of sp³-hybridized carbons (Fsp3) is 0. The Bertz CT molecular complexity index is 2860.